The molecule has 2 amide bonds. The molecule has 1 heterocycles. The quantitative estimate of drug-likeness (QED) is 0.645. The SMILES string of the molecule is CNC(=O)c1cccc(CNC(=O)c2cccc(-n3ccnc3SC)c2)c1. The first-order valence-corrected chi connectivity index (χ1v) is 9.62. The van der Waals surface area contributed by atoms with Crippen molar-refractivity contribution in [2.75, 3.05) is 13.3 Å². The van der Waals surface area contributed by atoms with Crippen molar-refractivity contribution in [2.24, 2.45) is 0 Å². The monoisotopic (exact) mass is 380 g/mol. The molecule has 0 aliphatic carbocycles. The van der Waals surface area contributed by atoms with Gasteiger partial charge in [0.25, 0.3) is 11.8 Å². The van der Waals surface area contributed by atoms with Crippen LogP contribution < -0.4 is 10.6 Å². The summed E-state index contributed by atoms with van der Waals surface area (Å²) >= 11 is 1.54. The zero-order chi connectivity index (χ0) is 19.2. The lowest BCUT2D eigenvalue weighted by molar-refractivity contribution is 0.0948. The number of nitrogens with zero attached hydrogens (tertiary/aromatic N) is 2. The zero-order valence-electron chi connectivity index (χ0n) is 15.1. The molecule has 6 nitrogen and oxygen atoms in total. The topological polar surface area (TPSA) is 76.0 Å². The summed E-state index contributed by atoms with van der Waals surface area (Å²) in [5.41, 5.74) is 2.87. The average Bonchev–Trinajstić information content (AvgIpc) is 3.20. The fraction of sp³-hybridized carbons (Fsp3) is 0.150. The average molecular weight is 380 g/mol. The highest BCUT2D eigenvalue weighted by molar-refractivity contribution is 7.98. The van der Waals surface area contributed by atoms with Crippen LogP contribution in [0.3, 0.4) is 0 Å². The van der Waals surface area contributed by atoms with Gasteiger partial charge < -0.3 is 10.6 Å². The van der Waals surface area contributed by atoms with E-state index in [2.05, 4.69) is 15.6 Å². The number of carbonyl (C=O) groups excluding carboxylic acids is 2. The molecule has 0 aliphatic heterocycles. The number of aromatic nitrogens is 2. The lowest BCUT2D eigenvalue weighted by atomic mass is 10.1. The summed E-state index contributed by atoms with van der Waals surface area (Å²) in [6.07, 6.45) is 5.56. The van der Waals surface area contributed by atoms with E-state index in [0.29, 0.717) is 17.7 Å². The molecule has 0 spiro atoms. The van der Waals surface area contributed by atoms with Crippen molar-refractivity contribution in [2.45, 2.75) is 11.7 Å². The first-order chi connectivity index (χ1) is 13.1. The van der Waals surface area contributed by atoms with Gasteiger partial charge in [-0.2, -0.15) is 0 Å². The van der Waals surface area contributed by atoms with Crippen molar-refractivity contribution in [3.05, 3.63) is 77.6 Å². The van der Waals surface area contributed by atoms with Gasteiger partial charge >= 0.3 is 0 Å². The Morgan fingerprint density at radius 1 is 1.07 bits per heavy atom. The molecule has 0 unspecified atom stereocenters. The van der Waals surface area contributed by atoms with E-state index in [9.17, 15) is 9.59 Å². The van der Waals surface area contributed by atoms with Gasteiger partial charge in [0.1, 0.15) is 0 Å². The van der Waals surface area contributed by atoms with Crippen molar-refractivity contribution in [3.63, 3.8) is 0 Å². The van der Waals surface area contributed by atoms with Crippen LogP contribution in [-0.2, 0) is 6.54 Å². The summed E-state index contributed by atoms with van der Waals surface area (Å²) in [5.74, 6) is -0.325. The summed E-state index contributed by atoms with van der Waals surface area (Å²) in [6, 6.07) is 14.6. The van der Waals surface area contributed by atoms with Gasteiger partial charge in [0.15, 0.2) is 5.16 Å². The number of amides is 2. The molecule has 0 bridgehead atoms. The third kappa shape index (κ3) is 4.38. The first-order valence-electron chi connectivity index (χ1n) is 8.39. The molecule has 138 valence electrons. The van der Waals surface area contributed by atoms with Gasteiger partial charge in [-0.05, 0) is 42.2 Å². The Labute approximate surface area is 162 Å². The maximum Gasteiger partial charge on any atom is 0.251 e. The Morgan fingerprint density at radius 2 is 1.81 bits per heavy atom. The largest absolute Gasteiger partial charge is 0.355 e. The Balaban J connectivity index is 1.72. The Kier molecular flexibility index (Phi) is 5.93. The molecule has 0 saturated carbocycles. The van der Waals surface area contributed by atoms with E-state index in [1.165, 1.54) is 0 Å². The molecule has 3 rings (SSSR count). The van der Waals surface area contributed by atoms with Gasteiger partial charge in [-0.15, -0.1) is 0 Å². The van der Waals surface area contributed by atoms with Crippen LogP contribution in [0.4, 0.5) is 0 Å². The molecule has 27 heavy (non-hydrogen) atoms. The second-order valence-electron chi connectivity index (χ2n) is 5.80. The minimum absolute atomic E-state index is 0.152. The van der Waals surface area contributed by atoms with Gasteiger partial charge in [0.2, 0.25) is 0 Å². The maximum absolute atomic E-state index is 12.5. The predicted octanol–water partition coefficient (Wildman–Crippen LogP) is 2.88. The third-order valence-electron chi connectivity index (χ3n) is 4.05. The van der Waals surface area contributed by atoms with E-state index in [4.69, 9.17) is 0 Å². The molecule has 2 aromatic carbocycles. The van der Waals surface area contributed by atoms with Crippen molar-refractivity contribution in [3.8, 4) is 5.69 Å². The van der Waals surface area contributed by atoms with Gasteiger partial charge in [-0.25, -0.2) is 4.98 Å². The van der Waals surface area contributed by atoms with Crippen LogP contribution in [0.1, 0.15) is 26.3 Å². The summed E-state index contributed by atoms with van der Waals surface area (Å²) in [6.45, 7) is 0.342. The van der Waals surface area contributed by atoms with Crippen LogP contribution >= 0.6 is 11.8 Å². The lowest BCUT2D eigenvalue weighted by Gasteiger charge is -2.10. The lowest BCUT2D eigenvalue weighted by Crippen LogP contribution is -2.23. The molecule has 0 fully saturated rings. The Bertz CT molecular complexity index is 968. The number of thioether (sulfide) groups is 1. The Hall–Kier alpha value is -3.06. The highest BCUT2D eigenvalue weighted by Crippen LogP contribution is 2.19. The summed E-state index contributed by atoms with van der Waals surface area (Å²) < 4.78 is 1.94. The molecule has 7 heteroatoms. The van der Waals surface area contributed by atoms with Gasteiger partial charge in [-0.1, -0.05) is 30.0 Å². The maximum atomic E-state index is 12.5. The molecule has 0 saturated heterocycles. The molecule has 1 aromatic heterocycles. The number of rotatable bonds is 6. The van der Waals surface area contributed by atoms with Gasteiger partial charge in [0.05, 0.1) is 0 Å². The van der Waals surface area contributed by atoms with Crippen molar-refractivity contribution < 1.29 is 9.59 Å². The van der Waals surface area contributed by atoms with Crippen molar-refractivity contribution in [1.82, 2.24) is 20.2 Å². The standard InChI is InChI=1S/C20H20N4O2S/c1-21-18(25)15-6-3-5-14(11-15)13-23-19(26)16-7-4-8-17(12-16)24-10-9-22-20(24)27-2/h3-12H,13H2,1-2H3,(H,21,25)(H,23,26). The van der Waals surface area contributed by atoms with Crippen LogP contribution in [0.15, 0.2) is 66.1 Å². The first kappa shape index (κ1) is 18.7. The molecule has 0 atom stereocenters. The zero-order valence-corrected chi connectivity index (χ0v) is 15.9. The minimum atomic E-state index is -0.173. The molecular formula is C20H20N4O2S. The molecule has 3 aromatic rings. The van der Waals surface area contributed by atoms with E-state index in [-0.39, 0.29) is 11.8 Å². The van der Waals surface area contributed by atoms with Crippen molar-refractivity contribution >= 4 is 23.6 Å². The Morgan fingerprint density at radius 3 is 2.56 bits per heavy atom. The number of hydrogen-bond donors (Lipinski definition) is 2. The number of benzene rings is 2. The van der Waals surface area contributed by atoms with E-state index < -0.39 is 0 Å². The molecular weight excluding hydrogens is 360 g/mol. The number of hydrogen-bond acceptors (Lipinski definition) is 4. The fourth-order valence-corrected chi connectivity index (χ4v) is 3.21. The fourth-order valence-electron chi connectivity index (χ4n) is 2.69. The molecule has 2 N–H and O–H groups in total. The smallest absolute Gasteiger partial charge is 0.251 e. The minimum Gasteiger partial charge on any atom is -0.355 e. The second-order valence-corrected chi connectivity index (χ2v) is 6.57. The summed E-state index contributed by atoms with van der Waals surface area (Å²) in [7, 11) is 1.59. The van der Waals surface area contributed by atoms with E-state index in [1.54, 1.807) is 49.3 Å². The predicted molar refractivity (Wildman–Crippen MR) is 106 cm³/mol. The van der Waals surface area contributed by atoms with E-state index in [1.807, 2.05) is 41.3 Å². The van der Waals surface area contributed by atoms with Crippen LogP contribution in [0.2, 0.25) is 0 Å². The van der Waals surface area contributed by atoms with Gasteiger partial charge in [-0.3, -0.25) is 14.2 Å². The number of carbonyl (C=O) groups is 2. The second kappa shape index (κ2) is 8.55. The van der Waals surface area contributed by atoms with Crippen LogP contribution in [0, 0.1) is 0 Å². The summed E-state index contributed by atoms with van der Waals surface area (Å²) in [5, 5.41) is 6.35. The summed E-state index contributed by atoms with van der Waals surface area (Å²) in [4.78, 5) is 28.6. The normalized spacial score (nSPS) is 10.4. The molecule has 0 radical (unpaired) electrons. The van der Waals surface area contributed by atoms with Crippen LogP contribution in [0.5, 0.6) is 0 Å². The van der Waals surface area contributed by atoms with Gasteiger partial charge in [0, 0.05) is 42.8 Å². The van der Waals surface area contributed by atoms with Crippen molar-refractivity contribution in [1.29, 1.82) is 0 Å². The highest BCUT2D eigenvalue weighted by Gasteiger charge is 2.10. The third-order valence-corrected chi connectivity index (χ3v) is 4.71. The van der Waals surface area contributed by atoms with Crippen LogP contribution in [-0.4, -0.2) is 34.7 Å². The van der Waals surface area contributed by atoms with E-state index >= 15 is 0 Å². The van der Waals surface area contributed by atoms with Crippen LogP contribution in [0.25, 0.3) is 5.69 Å². The number of nitrogens with one attached hydrogen (secondary N) is 2. The molecule has 0 aliphatic rings. The van der Waals surface area contributed by atoms with E-state index in [0.717, 1.165) is 16.4 Å². The highest BCUT2D eigenvalue weighted by atomic mass is 32.2. The number of imidazole rings is 1.